The van der Waals surface area contributed by atoms with Crippen LogP contribution in [-0.2, 0) is 9.59 Å². The maximum Gasteiger partial charge on any atom is 0.255 e. The zero-order valence-electron chi connectivity index (χ0n) is 16.2. The summed E-state index contributed by atoms with van der Waals surface area (Å²) in [5.41, 5.74) is 0.897. The van der Waals surface area contributed by atoms with Gasteiger partial charge in [-0.15, -0.1) is 0 Å². The molecule has 6 nitrogen and oxygen atoms in total. The van der Waals surface area contributed by atoms with E-state index in [0.717, 1.165) is 18.9 Å². The molecule has 1 aliphatic heterocycles. The van der Waals surface area contributed by atoms with Crippen LogP contribution in [0.1, 0.15) is 29.6 Å². The number of hydrogen-bond donors (Lipinski definition) is 2. The molecule has 2 aromatic carbocycles. The Bertz CT molecular complexity index is 852. The van der Waals surface area contributed by atoms with Crippen LogP contribution in [0.4, 0.5) is 20.2 Å². The minimum absolute atomic E-state index is 0.0962. The number of nitrogens with zero attached hydrogens (tertiary/aromatic N) is 1. The van der Waals surface area contributed by atoms with E-state index in [1.54, 1.807) is 4.90 Å². The van der Waals surface area contributed by atoms with Crippen molar-refractivity contribution in [2.75, 3.05) is 23.3 Å². The van der Waals surface area contributed by atoms with E-state index in [-0.39, 0.29) is 16.3 Å². The van der Waals surface area contributed by atoms with Crippen molar-refractivity contribution in [2.45, 2.75) is 25.4 Å². The number of amides is 1. The zero-order valence-corrected chi connectivity index (χ0v) is 17.0. The first-order valence-corrected chi connectivity index (χ1v) is 9.38. The van der Waals surface area contributed by atoms with Crippen molar-refractivity contribution in [3.63, 3.8) is 0 Å². The zero-order chi connectivity index (χ0) is 22.7. The van der Waals surface area contributed by atoms with Crippen LogP contribution in [0.3, 0.4) is 0 Å². The maximum atomic E-state index is 14.3. The molecule has 30 heavy (non-hydrogen) atoms. The second kappa shape index (κ2) is 12.7. The first-order valence-electron chi connectivity index (χ1n) is 9.01. The van der Waals surface area contributed by atoms with E-state index in [0.29, 0.717) is 25.2 Å². The molecule has 1 fully saturated rings. The number of aliphatic hydroxyl groups is 1. The van der Waals surface area contributed by atoms with Crippen LogP contribution in [0.5, 0.6) is 0 Å². The fourth-order valence-corrected chi connectivity index (χ4v) is 3.19. The van der Waals surface area contributed by atoms with Gasteiger partial charge < -0.3 is 24.9 Å². The molecule has 1 aliphatic rings. The lowest BCUT2D eigenvalue weighted by atomic mass is 10.1. The number of β-amino-alcohol motifs (C(OH)–C–C–N with tert-alkyl or cyclic N) is 1. The van der Waals surface area contributed by atoms with E-state index in [1.807, 2.05) is 13.6 Å². The van der Waals surface area contributed by atoms with Gasteiger partial charge in [-0.3, -0.25) is 4.79 Å². The van der Waals surface area contributed by atoms with Crippen molar-refractivity contribution >= 4 is 42.5 Å². The topological polar surface area (TPSA) is 86.7 Å². The van der Waals surface area contributed by atoms with Crippen LogP contribution < -0.4 is 10.2 Å². The number of nitrogens with one attached hydrogen (secondary N) is 1. The molecule has 1 heterocycles. The van der Waals surface area contributed by atoms with Gasteiger partial charge >= 0.3 is 0 Å². The fourth-order valence-electron chi connectivity index (χ4n) is 3.01. The Balaban J connectivity index is 0.00000106. The molecule has 0 saturated carbocycles. The molecule has 1 amide bonds. The van der Waals surface area contributed by atoms with Gasteiger partial charge in [0.15, 0.2) is 0 Å². The Morgan fingerprint density at radius 3 is 2.40 bits per heavy atom. The number of carbonyl (C=O) groups is 3. The van der Waals surface area contributed by atoms with Gasteiger partial charge in [-0.2, -0.15) is 0 Å². The first-order chi connectivity index (χ1) is 14.4. The normalized spacial score (nSPS) is 15.6. The first kappa shape index (κ1) is 25.2. The number of rotatable bonds is 3. The maximum absolute atomic E-state index is 14.3. The average Bonchev–Trinajstić information content (AvgIpc) is 2.98. The summed E-state index contributed by atoms with van der Waals surface area (Å²) in [4.78, 5) is 30.2. The third kappa shape index (κ3) is 6.89. The van der Waals surface area contributed by atoms with Crippen molar-refractivity contribution in [3.8, 4) is 0 Å². The Morgan fingerprint density at radius 1 is 1.07 bits per heavy atom. The van der Waals surface area contributed by atoms with Crippen molar-refractivity contribution in [3.05, 3.63) is 58.6 Å². The van der Waals surface area contributed by atoms with Crippen molar-refractivity contribution < 1.29 is 28.3 Å². The third-order valence-corrected chi connectivity index (χ3v) is 4.66. The molecule has 0 spiro atoms. The SMILES string of the molecule is C=O.C=O.O=C(Nc1ccc(F)c(Cl)c1)c1ccc(F)c(N2CCCC[C@@H](O)C2)c1. The predicted octanol–water partition coefficient (Wildman–Crippen LogP) is 3.85. The second-order valence-electron chi connectivity index (χ2n) is 6.34. The lowest BCUT2D eigenvalue weighted by Crippen LogP contribution is -2.31. The minimum atomic E-state index is -0.576. The van der Waals surface area contributed by atoms with Gasteiger partial charge in [-0.1, -0.05) is 11.6 Å². The molecule has 0 aliphatic carbocycles. The molecule has 2 N–H and O–H groups in total. The van der Waals surface area contributed by atoms with Gasteiger partial charge in [0.25, 0.3) is 5.91 Å². The Labute approximate surface area is 178 Å². The molecule has 1 atom stereocenters. The van der Waals surface area contributed by atoms with Crippen LogP contribution in [0.25, 0.3) is 0 Å². The molecular formula is C21H23ClF2N2O4. The highest BCUT2D eigenvalue weighted by Crippen LogP contribution is 2.25. The highest BCUT2D eigenvalue weighted by atomic mass is 35.5. The van der Waals surface area contributed by atoms with E-state index in [4.69, 9.17) is 21.2 Å². The molecular weight excluding hydrogens is 418 g/mol. The number of halogens is 3. The largest absolute Gasteiger partial charge is 0.391 e. The Kier molecular flexibility index (Phi) is 10.6. The van der Waals surface area contributed by atoms with Crippen LogP contribution in [0.15, 0.2) is 36.4 Å². The highest BCUT2D eigenvalue weighted by Gasteiger charge is 2.20. The number of anilines is 2. The Morgan fingerprint density at radius 2 is 1.73 bits per heavy atom. The lowest BCUT2D eigenvalue weighted by Gasteiger charge is -2.25. The molecule has 3 rings (SSSR count). The Hall–Kier alpha value is -2.84. The fraction of sp³-hybridized carbons (Fsp3) is 0.286. The van der Waals surface area contributed by atoms with Crippen LogP contribution >= 0.6 is 11.6 Å². The molecule has 162 valence electrons. The third-order valence-electron chi connectivity index (χ3n) is 4.37. The highest BCUT2D eigenvalue weighted by molar-refractivity contribution is 6.31. The van der Waals surface area contributed by atoms with E-state index in [1.165, 1.54) is 30.3 Å². The summed E-state index contributed by atoms with van der Waals surface area (Å²) in [5, 5.41) is 12.5. The minimum Gasteiger partial charge on any atom is -0.391 e. The smallest absolute Gasteiger partial charge is 0.255 e. The van der Waals surface area contributed by atoms with Crippen LogP contribution in [0, 0.1) is 11.6 Å². The molecule has 0 bridgehead atoms. The summed E-state index contributed by atoms with van der Waals surface area (Å²) in [7, 11) is 0. The monoisotopic (exact) mass is 440 g/mol. The molecule has 9 heteroatoms. The van der Waals surface area contributed by atoms with Crippen LogP contribution in [-0.4, -0.2) is 43.8 Å². The summed E-state index contributed by atoms with van der Waals surface area (Å²) in [6.45, 7) is 4.95. The van der Waals surface area contributed by atoms with Gasteiger partial charge in [0.2, 0.25) is 0 Å². The van der Waals surface area contributed by atoms with Gasteiger partial charge in [-0.05, 0) is 55.7 Å². The summed E-state index contributed by atoms with van der Waals surface area (Å²) in [6.07, 6.45) is 1.89. The standard InChI is InChI=1S/C19H19ClF2N2O2.2CH2O/c20-15-10-13(5-7-16(15)21)23-19(26)12-4-6-17(22)18(9-12)24-8-2-1-3-14(25)11-24;2*1-2/h4-7,9-10,14,25H,1-3,8,11H2,(H,23,26);2*1H2/t14-;;/m1../s1. The van der Waals surface area contributed by atoms with Gasteiger partial charge in [0.05, 0.1) is 16.8 Å². The molecule has 2 aromatic rings. The molecule has 0 unspecified atom stereocenters. The molecule has 1 saturated heterocycles. The van der Waals surface area contributed by atoms with Crippen molar-refractivity contribution in [2.24, 2.45) is 0 Å². The van der Waals surface area contributed by atoms with Crippen molar-refractivity contribution in [1.29, 1.82) is 0 Å². The van der Waals surface area contributed by atoms with Crippen LogP contribution in [0.2, 0.25) is 5.02 Å². The van der Waals surface area contributed by atoms with E-state index in [2.05, 4.69) is 5.32 Å². The van der Waals surface area contributed by atoms with E-state index >= 15 is 0 Å². The molecule has 0 aromatic heterocycles. The van der Waals surface area contributed by atoms with E-state index in [9.17, 15) is 18.7 Å². The number of hydrogen-bond acceptors (Lipinski definition) is 5. The van der Waals surface area contributed by atoms with Gasteiger partial charge in [0, 0.05) is 24.3 Å². The average molecular weight is 441 g/mol. The summed E-state index contributed by atoms with van der Waals surface area (Å²) in [5.74, 6) is -1.47. The summed E-state index contributed by atoms with van der Waals surface area (Å²) < 4.78 is 27.5. The number of carbonyl (C=O) groups excluding carboxylic acids is 3. The predicted molar refractivity (Wildman–Crippen MR) is 112 cm³/mol. The lowest BCUT2D eigenvalue weighted by molar-refractivity contribution is -0.0987. The van der Waals surface area contributed by atoms with Crippen molar-refractivity contribution in [1.82, 2.24) is 0 Å². The second-order valence-corrected chi connectivity index (χ2v) is 6.75. The quantitative estimate of drug-likeness (QED) is 0.757. The summed E-state index contributed by atoms with van der Waals surface area (Å²) >= 11 is 5.71. The van der Waals surface area contributed by atoms with Gasteiger partial charge in [0.1, 0.15) is 25.2 Å². The summed E-state index contributed by atoms with van der Waals surface area (Å²) in [6, 6.07) is 7.95. The number of benzene rings is 2. The van der Waals surface area contributed by atoms with Gasteiger partial charge in [-0.25, -0.2) is 8.78 Å². The molecule has 0 radical (unpaired) electrons. The number of aliphatic hydroxyl groups excluding tert-OH is 1. The van der Waals surface area contributed by atoms with E-state index < -0.39 is 23.6 Å².